The second-order valence-electron chi connectivity index (χ2n) is 5.85. The van der Waals surface area contributed by atoms with E-state index in [4.69, 9.17) is 0 Å². The van der Waals surface area contributed by atoms with Gasteiger partial charge in [-0.1, -0.05) is 72.8 Å². The van der Waals surface area contributed by atoms with Gasteiger partial charge >= 0.3 is 5.97 Å². The lowest BCUT2D eigenvalue weighted by Gasteiger charge is -2.10. The van der Waals surface area contributed by atoms with Crippen LogP contribution in [0.2, 0.25) is 0 Å². The summed E-state index contributed by atoms with van der Waals surface area (Å²) in [6, 6.07) is 25.7. The summed E-state index contributed by atoms with van der Waals surface area (Å²) in [6.45, 7) is 0.513. The third-order valence-corrected chi connectivity index (χ3v) is 4.28. The van der Waals surface area contributed by atoms with Gasteiger partial charge in [-0.15, -0.1) is 0 Å². The van der Waals surface area contributed by atoms with Crippen LogP contribution in [0.15, 0.2) is 78.9 Å². The van der Waals surface area contributed by atoms with E-state index in [1.165, 1.54) is 0 Å². The number of rotatable bonds is 4. The molecule has 0 radical (unpaired) electrons. The van der Waals surface area contributed by atoms with Crippen molar-refractivity contribution >= 4 is 16.9 Å². The largest absolute Gasteiger partial charge is 0.476 e. The van der Waals surface area contributed by atoms with Gasteiger partial charge in [-0.25, -0.2) is 4.79 Å². The zero-order valence-corrected chi connectivity index (χ0v) is 13.5. The number of para-hydroxylation sites is 1. The number of carbonyl (C=O) groups is 1. The summed E-state index contributed by atoms with van der Waals surface area (Å²) in [7, 11) is 0. The first-order valence-electron chi connectivity index (χ1n) is 8.06. The number of carboxylic acids is 1. The van der Waals surface area contributed by atoms with Crippen LogP contribution in [0.25, 0.3) is 22.0 Å². The molecule has 1 aromatic heterocycles. The molecule has 0 atom stereocenters. The molecule has 4 aromatic rings. The topological polar surface area (TPSA) is 55.1 Å². The number of aromatic nitrogens is 2. The molecule has 4 nitrogen and oxygen atoms in total. The van der Waals surface area contributed by atoms with Crippen LogP contribution in [0, 0.1) is 0 Å². The van der Waals surface area contributed by atoms with E-state index in [2.05, 4.69) is 29.4 Å². The van der Waals surface area contributed by atoms with E-state index in [0.717, 1.165) is 22.2 Å². The Bertz CT molecular complexity index is 1050. The Balaban J connectivity index is 1.82. The fraction of sp³-hybridized carbons (Fsp3) is 0.0476. The van der Waals surface area contributed by atoms with Crippen LogP contribution in [0.4, 0.5) is 0 Å². The fourth-order valence-electron chi connectivity index (χ4n) is 3.12. The molecule has 1 heterocycles. The average Bonchev–Trinajstić information content (AvgIpc) is 3.02. The number of fused-ring (bicyclic) bond motifs is 1. The van der Waals surface area contributed by atoms with E-state index in [0.29, 0.717) is 11.9 Å². The van der Waals surface area contributed by atoms with Crippen LogP contribution in [0.1, 0.15) is 16.1 Å². The van der Waals surface area contributed by atoms with Gasteiger partial charge in [-0.3, -0.25) is 4.68 Å². The summed E-state index contributed by atoms with van der Waals surface area (Å²) in [5, 5.41) is 14.4. The smallest absolute Gasteiger partial charge is 0.357 e. The van der Waals surface area contributed by atoms with Gasteiger partial charge in [0, 0.05) is 5.39 Å². The van der Waals surface area contributed by atoms with Crippen LogP contribution in [-0.4, -0.2) is 20.9 Å². The highest BCUT2D eigenvalue weighted by molar-refractivity contribution is 6.01. The molecule has 0 bridgehead atoms. The molecule has 0 saturated carbocycles. The molecule has 4 heteroatoms. The van der Waals surface area contributed by atoms with Crippen LogP contribution in [-0.2, 0) is 6.54 Å². The quantitative estimate of drug-likeness (QED) is 0.602. The Morgan fingerprint density at radius 2 is 1.56 bits per heavy atom. The van der Waals surface area contributed by atoms with Crippen molar-refractivity contribution in [3.8, 4) is 11.1 Å². The predicted octanol–water partition coefficient (Wildman–Crippen LogP) is 4.45. The normalized spacial score (nSPS) is 10.9. The number of carboxylic acid groups (broad SMARTS) is 1. The van der Waals surface area contributed by atoms with Gasteiger partial charge in [0.15, 0.2) is 5.69 Å². The van der Waals surface area contributed by atoms with E-state index in [1.807, 2.05) is 48.5 Å². The molecule has 0 fully saturated rings. The van der Waals surface area contributed by atoms with Crippen LogP contribution >= 0.6 is 0 Å². The number of aromatic carboxylic acids is 1. The van der Waals surface area contributed by atoms with Crippen LogP contribution < -0.4 is 0 Å². The highest BCUT2D eigenvalue weighted by Crippen LogP contribution is 2.26. The minimum atomic E-state index is -1.01. The molecule has 1 N–H and O–H groups in total. The third-order valence-electron chi connectivity index (χ3n) is 4.28. The Morgan fingerprint density at radius 3 is 2.36 bits per heavy atom. The average molecular weight is 328 g/mol. The lowest BCUT2D eigenvalue weighted by molar-refractivity contribution is 0.0691. The maximum atomic E-state index is 11.5. The van der Waals surface area contributed by atoms with Gasteiger partial charge in [0.2, 0.25) is 0 Å². The minimum Gasteiger partial charge on any atom is -0.476 e. The van der Waals surface area contributed by atoms with Crippen molar-refractivity contribution in [1.29, 1.82) is 0 Å². The monoisotopic (exact) mass is 328 g/mol. The standard InChI is InChI=1S/C21H16N2O2/c24-21(25)20-18-12-6-7-13-19(18)23(22-20)14-16-10-4-5-11-17(16)15-8-2-1-3-9-15/h1-13H,14H2,(H,24,25). The van der Waals surface area contributed by atoms with Gasteiger partial charge < -0.3 is 5.11 Å². The van der Waals surface area contributed by atoms with E-state index in [9.17, 15) is 9.90 Å². The Hall–Kier alpha value is -3.40. The zero-order chi connectivity index (χ0) is 17.2. The molecule has 122 valence electrons. The molecule has 3 aromatic carbocycles. The zero-order valence-electron chi connectivity index (χ0n) is 13.5. The predicted molar refractivity (Wildman–Crippen MR) is 97.7 cm³/mol. The van der Waals surface area contributed by atoms with Gasteiger partial charge in [-0.2, -0.15) is 5.10 Å². The van der Waals surface area contributed by atoms with Crippen molar-refractivity contribution in [3.05, 3.63) is 90.1 Å². The summed E-state index contributed by atoms with van der Waals surface area (Å²) in [5.74, 6) is -1.01. The molecule has 0 aliphatic heterocycles. The van der Waals surface area contributed by atoms with Crippen molar-refractivity contribution in [1.82, 2.24) is 9.78 Å². The van der Waals surface area contributed by atoms with Crippen molar-refractivity contribution in [3.63, 3.8) is 0 Å². The van der Waals surface area contributed by atoms with Crippen LogP contribution in [0.3, 0.4) is 0 Å². The molecule has 25 heavy (non-hydrogen) atoms. The van der Waals surface area contributed by atoms with E-state index >= 15 is 0 Å². The molecular formula is C21H16N2O2. The van der Waals surface area contributed by atoms with Crippen molar-refractivity contribution in [2.24, 2.45) is 0 Å². The molecular weight excluding hydrogens is 312 g/mol. The van der Waals surface area contributed by atoms with E-state index < -0.39 is 5.97 Å². The highest BCUT2D eigenvalue weighted by atomic mass is 16.4. The molecule has 4 rings (SSSR count). The van der Waals surface area contributed by atoms with Gasteiger partial charge in [0.05, 0.1) is 12.1 Å². The first-order valence-corrected chi connectivity index (χ1v) is 8.06. The number of benzene rings is 3. The molecule has 0 saturated heterocycles. The number of hydrogen-bond donors (Lipinski definition) is 1. The van der Waals surface area contributed by atoms with Gasteiger partial charge in [0.1, 0.15) is 0 Å². The maximum Gasteiger partial charge on any atom is 0.357 e. The fourth-order valence-corrected chi connectivity index (χ4v) is 3.12. The Labute approximate surface area is 145 Å². The summed E-state index contributed by atoms with van der Waals surface area (Å²) in [5.41, 5.74) is 4.27. The van der Waals surface area contributed by atoms with Gasteiger partial charge in [-0.05, 0) is 22.8 Å². The first kappa shape index (κ1) is 15.1. The Kier molecular flexibility index (Phi) is 3.78. The summed E-state index contributed by atoms with van der Waals surface area (Å²) < 4.78 is 1.76. The van der Waals surface area contributed by atoms with Gasteiger partial charge in [0.25, 0.3) is 0 Å². The summed E-state index contributed by atoms with van der Waals surface area (Å²) in [6.07, 6.45) is 0. The number of hydrogen-bond acceptors (Lipinski definition) is 2. The Morgan fingerprint density at radius 1 is 0.880 bits per heavy atom. The van der Waals surface area contributed by atoms with E-state index in [1.54, 1.807) is 10.7 Å². The third kappa shape index (κ3) is 2.78. The summed E-state index contributed by atoms with van der Waals surface area (Å²) in [4.78, 5) is 11.5. The minimum absolute atomic E-state index is 0.0905. The van der Waals surface area contributed by atoms with E-state index in [-0.39, 0.29) is 5.69 Å². The molecule has 0 unspecified atom stereocenters. The molecule has 0 amide bonds. The van der Waals surface area contributed by atoms with Crippen molar-refractivity contribution < 1.29 is 9.90 Å². The maximum absolute atomic E-state index is 11.5. The molecule has 0 aliphatic rings. The number of nitrogens with zero attached hydrogens (tertiary/aromatic N) is 2. The van der Waals surface area contributed by atoms with Crippen LogP contribution in [0.5, 0.6) is 0 Å². The molecule has 0 aliphatic carbocycles. The second kappa shape index (κ2) is 6.24. The second-order valence-corrected chi connectivity index (χ2v) is 5.85. The van der Waals surface area contributed by atoms with Crippen molar-refractivity contribution in [2.45, 2.75) is 6.54 Å². The summed E-state index contributed by atoms with van der Waals surface area (Å²) >= 11 is 0. The first-order chi connectivity index (χ1) is 12.2. The lowest BCUT2D eigenvalue weighted by Crippen LogP contribution is -2.05. The molecule has 0 spiro atoms. The highest BCUT2D eigenvalue weighted by Gasteiger charge is 2.16. The lowest BCUT2D eigenvalue weighted by atomic mass is 10.00. The van der Waals surface area contributed by atoms with Crippen molar-refractivity contribution in [2.75, 3.05) is 0 Å². The SMILES string of the molecule is O=C(O)c1nn(Cc2ccccc2-c2ccccc2)c2ccccc12.